The largest absolute Gasteiger partial charge is 0.273 e. The van der Waals surface area contributed by atoms with E-state index in [0.29, 0.717) is 6.42 Å². The number of hydrogen-bond acceptors (Lipinski definition) is 4. The third-order valence-corrected chi connectivity index (χ3v) is 4.92. The van der Waals surface area contributed by atoms with E-state index < -0.39 is 0 Å². The van der Waals surface area contributed by atoms with E-state index in [4.69, 9.17) is 0 Å². The van der Waals surface area contributed by atoms with E-state index in [1.54, 1.807) is 12.4 Å². The van der Waals surface area contributed by atoms with Gasteiger partial charge in [-0.3, -0.25) is 9.59 Å². The van der Waals surface area contributed by atoms with Crippen LogP contribution in [0.3, 0.4) is 0 Å². The van der Waals surface area contributed by atoms with Gasteiger partial charge in [0.1, 0.15) is 0 Å². The van der Waals surface area contributed by atoms with E-state index in [-0.39, 0.29) is 23.7 Å². The van der Waals surface area contributed by atoms with E-state index in [9.17, 15) is 9.59 Å². The molecule has 3 rings (SSSR count). The Kier molecular flexibility index (Phi) is 6.52. The first kappa shape index (κ1) is 19.4. The molecule has 27 heavy (non-hydrogen) atoms. The van der Waals surface area contributed by atoms with Gasteiger partial charge in [0.15, 0.2) is 0 Å². The normalized spacial score (nSPS) is 18.6. The Morgan fingerprint density at radius 2 is 1.30 bits per heavy atom. The van der Waals surface area contributed by atoms with Crippen LogP contribution in [0.1, 0.15) is 17.5 Å². The van der Waals surface area contributed by atoms with E-state index in [2.05, 4.69) is 52.9 Å². The van der Waals surface area contributed by atoms with Crippen LogP contribution in [0.25, 0.3) is 0 Å². The minimum absolute atomic E-state index is 0.266. The number of amides is 2. The minimum Gasteiger partial charge on any atom is -0.273 e. The quantitative estimate of drug-likeness (QED) is 0.479. The van der Waals surface area contributed by atoms with Gasteiger partial charge in [0, 0.05) is 8.95 Å². The molecular formula is C19H16Br2N4O2. The van der Waals surface area contributed by atoms with Crippen molar-refractivity contribution in [1.29, 1.82) is 0 Å². The Labute approximate surface area is 173 Å². The lowest BCUT2D eigenvalue weighted by molar-refractivity contribution is -0.127. The number of nitrogens with zero attached hydrogens (tertiary/aromatic N) is 2. The Hall–Kier alpha value is -2.32. The first-order valence-corrected chi connectivity index (χ1v) is 9.78. The molecule has 1 saturated carbocycles. The predicted molar refractivity (Wildman–Crippen MR) is 111 cm³/mol. The van der Waals surface area contributed by atoms with Gasteiger partial charge < -0.3 is 0 Å². The summed E-state index contributed by atoms with van der Waals surface area (Å²) in [6, 6.07) is 15.1. The molecule has 8 heteroatoms. The smallest absolute Gasteiger partial charge is 0.244 e. The average Bonchev–Trinajstić information content (AvgIpc) is 3.43. The summed E-state index contributed by atoms with van der Waals surface area (Å²) in [4.78, 5) is 24.1. The van der Waals surface area contributed by atoms with Gasteiger partial charge >= 0.3 is 0 Å². The molecule has 2 unspecified atom stereocenters. The third-order valence-electron chi connectivity index (χ3n) is 3.94. The molecule has 6 nitrogen and oxygen atoms in total. The zero-order chi connectivity index (χ0) is 19.2. The molecule has 2 atom stereocenters. The fourth-order valence-electron chi connectivity index (χ4n) is 2.46. The number of benzene rings is 2. The van der Waals surface area contributed by atoms with Gasteiger partial charge in [-0.1, -0.05) is 56.1 Å². The van der Waals surface area contributed by atoms with Crippen LogP contribution in [0.15, 0.2) is 67.7 Å². The number of halogens is 2. The molecule has 2 N–H and O–H groups in total. The van der Waals surface area contributed by atoms with Crippen LogP contribution in [-0.4, -0.2) is 24.2 Å². The van der Waals surface area contributed by atoms with Crippen LogP contribution in [-0.2, 0) is 9.59 Å². The van der Waals surface area contributed by atoms with Crippen LogP contribution in [0.5, 0.6) is 0 Å². The highest BCUT2D eigenvalue weighted by Crippen LogP contribution is 2.38. The zero-order valence-corrected chi connectivity index (χ0v) is 17.3. The Bertz CT molecular complexity index is 841. The fraction of sp³-hybridized carbons (Fsp3) is 0.158. The number of hydrogen-bond donors (Lipinski definition) is 2. The molecule has 1 fully saturated rings. The number of rotatable bonds is 6. The Morgan fingerprint density at radius 3 is 1.70 bits per heavy atom. The van der Waals surface area contributed by atoms with Crippen LogP contribution in [0, 0.1) is 11.8 Å². The number of carbonyl (C=O) groups excluding carboxylic acids is 2. The highest BCUT2D eigenvalue weighted by molar-refractivity contribution is 9.10. The van der Waals surface area contributed by atoms with E-state index in [1.807, 2.05) is 48.5 Å². The molecule has 1 aliphatic carbocycles. The molecule has 0 heterocycles. The second-order valence-electron chi connectivity index (χ2n) is 6.03. The monoisotopic (exact) mass is 490 g/mol. The van der Waals surface area contributed by atoms with Crippen LogP contribution in [0.4, 0.5) is 0 Å². The minimum atomic E-state index is -0.370. The van der Waals surface area contributed by atoms with Gasteiger partial charge in [0.2, 0.25) is 11.8 Å². The SMILES string of the molecule is O=C(NN=Cc1cccc(Br)c1)C1CC1C(=O)N/N=C/c1cccc(Br)c1. The van der Waals surface area contributed by atoms with Gasteiger partial charge in [-0.25, -0.2) is 10.9 Å². The predicted octanol–water partition coefficient (Wildman–Crippen LogP) is 3.45. The van der Waals surface area contributed by atoms with Crippen molar-refractivity contribution < 1.29 is 9.59 Å². The summed E-state index contributed by atoms with van der Waals surface area (Å²) < 4.78 is 1.86. The zero-order valence-electron chi connectivity index (χ0n) is 14.1. The van der Waals surface area contributed by atoms with Gasteiger partial charge in [-0.15, -0.1) is 0 Å². The van der Waals surface area contributed by atoms with Gasteiger partial charge in [-0.2, -0.15) is 10.2 Å². The van der Waals surface area contributed by atoms with Crippen molar-refractivity contribution in [1.82, 2.24) is 10.9 Å². The second kappa shape index (κ2) is 9.05. The summed E-state index contributed by atoms with van der Waals surface area (Å²) in [5, 5.41) is 7.87. The average molecular weight is 492 g/mol. The second-order valence-corrected chi connectivity index (χ2v) is 7.86. The van der Waals surface area contributed by atoms with Crippen molar-refractivity contribution in [2.75, 3.05) is 0 Å². The number of hydrazone groups is 2. The molecule has 2 aromatic rings. The standard InChI is InChI=1S/C19H16Br2N4O2/c20-14-5-1-3-12(7-14)10-22-24-18(26)16-9-17(16)19(27)25-23-11-13-4-2-6-15(21)8-13/h1-8,10-11,16-17H,9H2,(H,24,26)(H,25,27)/b22-10+,23-11?. The molecule has 0 aliphatic heterocycles. The van der Waals surface area contributed by atoms with E-state index in [1.165, 1.54) is 0 Å². The lowest BCUT2D eigenvalue weighted by Crippen LogP contribution is -2.25. The van der Waals surface area contributed by atoms with Crippen molar-refractivity contribution in [3.05, 3.63) is 68.6 Å². The molecule has 0 radical (unpaired) electrons. The number of carbonyl (C=O) groups is 2. The lowest BCUT2D eigenvalue weighted by atomic mass is 10.2. The Balaban J connectivity index is 1.44. The van der Waals surface area contributed by atoms with Crippen molar-refractivity contribution in [3.8, 4) is 0 Å². The van der Waals surface area contributed by atoms with Crippen molar-refractivity contribution >= 4 is 56.1 Å². The summed E-state index contributed by atoms with van der Waals surface area (Å²) in [6.45, 7) is 0. The van der Waals surface area contributed by atoms with E-state index >= 15 is 0 Å². The highest BCUT2D eigenvalue weighted by atomic mass is 79.9. The van der Waals surface area contributed by atoms with Crippen molar-refractivity contribution in [3.63, 3.8) is 0 Å². The summed E-state index contributed by atoms with van der Waals surface area (Å²) in [7, 11) is 0. The highest BCUT2D eigenvalue weighted by Gasteiger charge is 2.48. The summed E-state index contributed by atoms with van der Waals surface area (Å²) in [5.41, 5.74) is 6.67. The molecule has 0 bridgehead atoms. The van der Waals surface area contributed by atoms with Gasteiger partial charge in [0.25, 0.3) is 0 Å². The maximum absolute atomic E-state index is 12.1. The first-order valence-electron chi connectivity index (χ1n) is 8.20. The summed E-state index contributed by atoms with van der Waals surface area (Å²) in [6.07, 6.45) is 3.61. The Morgan fingerprint density at radius 1 is 0.852 bits per heavy atom. The molecule has 0 aromatic heterocycles. The first-order chi connectivity index (χ1) is 13.0. The topological polar surface area (TPSA) is 82.9 Å². The molecule has 2 aromatic carbocycles. The molecular weight excluding hydrogens is 476 g/mol. The van der Waals surface area contributed by atoms with Gasteiger partial charge in [0.05, 0.1) is 24.3 Å². The maximum atomic E-state index is 12.1. The van der Waals surface area contributed by atoms with Crippen molar-refractivity contribution in [2.24, 2.45) is 22.0 Å². The molecule has 0 saturated heterocycles. The van der Waals surface area contributed by atoms with E-state index in [0.717, 1.165) is 20.1 Å². The van der Waals surface area contributed by atoms with Gasteiger partial charge in [-0.05, 0) is 41.8 Å². The lowest BCUT2D eigenvalue weighted by Gasteiger charge is -2.00. The van der Waals surface area contributed by atoms with Crippen molar-refractivity contribution in [2.45, 2.75) is 6.42 Å². The summed E-state index contributed by atoms with van der Waals surface area (Å²) >= 11 is 6.74. The van der Waals surface area contributed by atoms with Crippen LogP contribution in [0.2, 0.25) is 0 Å². The maximum Gasteiger partial charge on any atom is 0.244 e. The van der Waals surface area contributed by atoms with Crippen LogP contribution >= 0.6 is 31.9 Å². The fourth-order valence-corrected chi connectivity index (χ4v) is 3.29. The molecule has 138 valence electrons. The third kappa shape index (κ3) is 5.83. The molecule has 0 spiro atoms. The molecule has 1 aliphatic rings. The molecule has 2 amide bonds. The van der Waals surface area contributed by atoms with Crippen LogP contribution < -0.4 is 10.9 Å². The number of nitrogens with one attached hydrogen (secondary N) is 2. The summed E-state index contributed by atoms with van der Waals surface area (Å²) in [5.74, 6) is -1.27.